The average Bonchev–Trinajstić information content (AvgIpc) is 2.69. The first-order chi connectivity index (χ1) is 14.2. The predicted octanol–water partition coefficient (Wildman–Crippen LogP) is 4.35. The standard InChI is InChI=1S/C18H25N7O4S/c1-18(2,3)29-16(26)15(12-30-11-14(23-25-20)9-21-24-19)22-17(27)28-10-13-7-5-4-6-8-13/h4-8,14-15H,9-12H2,1-3H3,(H,22,27)/t14-,15?/m0/s1. The van der Waals surface area contributed by atoms with Gasteiger partial charge in [0.2, 0.25) is 0 Å². The van der Waals surface area contributed by atoms with Crippen molar-refractivity contribution in [2.45, 2.75) is 45.1 Å². The number of nitrogens with zero attached hydrogens (tertiary/aromatic N) is 6. The third kappa shape index (κ3) is 11.1. The Morgan fingerprint density at radius 1 is 1.17 bits per heavy atom. The van der Waals surface area contributed by atoms with Gasteiger partial charge in [-0.15, -0.1) is 0 Å². The second kappa shape index (κ2) is 13.2. The third-order valence-corrected chi connectivity index (χ3v) is 4.55. The lowest BCUT2D eigenvalue weighted by Gasteiger charge is -2.24. The molecule has 0 spiro atoms. The number of amides is 1. The molecule has 0 fully saturated rings. The molecule has 0 heterocycles. The number of carbonyl (C=O) groups excluding carboxylic acids is 2. The molecule has 1 rings (SSSR count). The largest absolute Gasteiger partial charge is 0.458 e. The van der Waals surface area contributed by atoms with Crippen molar-refractivity contribution in [3.8, 4) is 0 Å². The van der Waals surface area contributed by atoms with E-state index >= 15 is 0 Å². The van der Waals surface area contributed by atoms with Crippen LogP contribution in [0.15, 0.2) is 40.6 Å². The fraction of sp³-hybridized carbons (Fsp3) is 0.556. The molecular formula is C18H25N7O4S. The van der Waals surface area contributed by atoms with Crippen molar-refractivity contribution in [3.05, 3.63) is 56.8 Å². The molecule has 30 heavy (non-hydrogen) atoms. The number of hydrogen-bond donors (Lipinski definition) is 1. The molecule has 0 aliphatic carbocycles. The molecule has 0 radical (unpaired) electrons. The van der Waals surface area contributed by atoms with Gasteiger partial charge in [-0.25, -0.2) is 9.59 Å². The van der Waals surface area contributed by atoms with Crippen LogP contribution in [-0.2, 0) is 20.9 Å². The summed E-state index contributed by atoms with van der Waals surface area (Å²) in [6.07, 6.45) is -0.754. The molecule has 0 bridgehead atoms. The summed E-state index contributed by atoms with van der Waals surface area (Å²) < 4.78 is 10.5. The van der Waals surface area contributed by atoms with E-state index in [9.17, 15) is 9.59 Å². The van der Waals surface area contributed by atoms with Gasteiger partial charge in [0, 0.05) is 27.9 Å². The minimum absolute atomic E-state index is 0.00277. The van der Waals surface area contributed by atoms with Crippen LogP contribution in [0.25, 0.3) is 20.9 Å². The van der Waals surface area contributed by atoms with Gasteiger partial charge in [-0.05, 0) is 37.4 Å². The van der Waals surface area contributed by atoms with Crippen LogP contribution in [0.1, 0.15) is 26.3 Å². The van der Waals surface area contributed by atoms with Gasteiger partial charge in [-0.1, -0.05) is 40.6 Å². The highest BCUT2D eigenvalue weighted by molar-refractivity contribution is 7.99. The monoisotopic (exact) mass is 435 g/mol. The molecule has 1 unspecified atom stereocenters. The number of esters is 1. The Kier molecular flexibility index (Phi) is 11.0. The molecule has 162 valence electrons. The van der Waals surface area contributed by atoms with E-state index in [0.29, 0.717) is 5.75 Å². The van der Waals surface area contributed by atoms with Gasteiger partial charge in [0.05, 0.1) is 6.04 Å². The Labute approximate surface area is 178 Å². The summed E-state index contributed by atoms with van der Waals surface area (Å²) in [6, 6.07) is 7.59. The highest BCUT2D eigenvalue weighted by Crippen LogP contribution is 2.14. The molecule has 0 saturated carbocycles. The zero-order valence-electron chi connectivity index (χ0n) is 17.1. The molecule has 1 N–H and O–H groups in total. The Morgan fingerprint density at radius 2 is 1.87 bits per heavy atom. The molecule has 1 amide bonds. The summed E-state index contributed by atoms with van der Waals surface area (Å²) in [6.45, 7) is 5.23. The van der Waals surface area contributed by atoms with Crippen molar-refractivity contribution in [1.82, 2.24) is 5.32 Å². The first-order valence-electron chi connectivity index (χ1n) is 9.08. The summed E-state index contributed by atoms with van der Waals surface area (Å²) in [5.74, 6) is -0.159. The van der Waals surface area contributed by atoms with Gasteiger partial charge < -0.3 is 14.8 Å². The van der Waals surface area contributed by atoms with Crippen molar-refractivity contribution in [2.75, 3.05) is 18.1 Å². The molecule has 0 aromatic heterocycles. The van der Waals surface area contributed by atoms with Crippen molar-refractivity contribution in [3.63, 3.8) is 0 Å². The molecule has 0 aliphatic rings. The molecule has 1 aromatic carbocycles. The average molecular weight is 436 g/mol. The van der Waals surface area contributed by atoms with Crippen LogP contribution in [0.4, 0.5) is 4.79 Å². The van der Waals surface area contributed by atoms with Crippen molar-refractivity contribution >= 4 is 23.8 Å². The second-order valence-corrected chi connectivity index (χ2v) is 8.18. The Balaban J connectivity index is 2.68. The third-order valence-electron chi connectivity index (χ3n) is 3.36. The van der Waals surface area contributed by atoms with Gasteiger partial charge in [-0.3, -0.25) is 0 Å². The number of alkyl carbamates (subject to hydrolysis) is 1. The highest BCUT2D eigenvalue weighted by atomic mass is 32.2. The SMILES string of the molecule is CC(C)(C)OC(=O)C(CSC[C@H](CN=[N+]=[N-])N=[N+]=[N-])NC(=O)OCc1ccccc1. The van der Waals surface area contributed by atoms with Gasteiger partial charge in [0.25, 0.3) is 0 Å². The van der Waals surface area contributed by atoms with Gasteiger partial charge in [-0.2, -0.15) is 11.8 Å². The van der Waals surface area contributed by atoms with Gasteiger partial charge in [0.15, 0.2) is 0 Å². The van der Waals surface area contributed by atoms with Crippen LogP contribution in [0.5, 0.6) is 0 Å². The van der Waals surface area contributed by atoms with E-state index in [1.54, 1.807) is 20.8 Å². The van der Waals surface area contributed by atoms with E-state index in [1.165, 1.54) is 11.8 Å². The van der Waals surface area contributed by atoms with E-state index in [-0.39, 0.29) is 18.9 Å². The molecule has 11 nitrogen and oxygen atoms in total. The van der Waals surface area contributed by atoms with Crippen LogP contribution in [0.2, 0.25) is 0 Å². The fourth-order valence-electron chi connectivity index (χ4n) is 2.10. The van der Waals surface area contributed by atoms with E-state index in [4.69, 9.17) is 20.5 Å². The van der Waals surface area contributed by atoms with Crippen LogP contribution in [-0.4, -0.2) is 47.8 Å². The van der Waals surface area contributed by atoms with Crippen LogP contribution in [0.3, 0.4) is 0 Å². The minimum Gasteiger partial charge on any atom is -0.458 e. The van der Waals surface area contributed by atoms with Crippen molar-refractivity contribution in [2.24, 2.45) is 10.2 Å². The lowest BCUT2D eigenvalue weighted by molar-refractivity contribution is -0.156. The lowest BCUT2D eigenvalue weighted by atomic mass is 10.2. The number of benzene rings is 1. The Hall–Kier alpha value is -3.07. The molecule has 1 aromatic rings. The smallest absolute Gasteiger partial charge is 0.408 e. The maximum absolute atomic E-state index is 12.5. The number of hydrogen-bond acceptors (Lipinski definition) is 7. The minimum atomic E-state index is -0.969. The van der Waals surface area contributed by atoms with Crippen LogP contribution < -0.4 is 5.32 Å². The van der Waals surface area contributed by atoms with E-state index in [0.717, 1.165) is 5.56 Å². The van der Waals surface area contributed by atoms with Crippen LogP contribution in [0, 0.1) is 0 Å². The first kappa shape index (κ1) is 25.0. The van der Waals surface area contributed by atoms with Crippen molar-refractivity contribution in [1.29, 1.82) is 0 Å². The van der Waals surface area contributed by atoms with E-state index < -0.39 is 29.7 Å². The van der Waals surface area contributed by atoms with Crippen LogP contribution >= 0.6 is 11.8 Å². The summed E-state index contributed by atoms with van der Waals surface area (Å²) in [7, 11) is 0. The Morgan fingerprint density at radius 3 is 2.47 bits per heavy atom. The normalized spacial score (nSPS) is 12.5. The quantitative estimate of drug-likeness (QED) is 0.236. The second-order valence-electron chi connectivity index (χ2n) is 7.10. The zero-order valence-corrected chi connectivity index (χ0v) is 17.9. The summed E-state index contributed by atoms with van der Waals surface area (Å²) in [5.41, 5.74) is 17.1. The van der Waals surface area contributed by atoms with Gasteiger partial charge >= 0.3 is 12.1 Å². The maximum Gasteiger partial charge on any atom is 0.408 e. The summed E-state index contributed by atoms with van der Waals surface area (Å²) >= 11 is 1.25. The number of ether oxygens (including phenoxy) is 2. The topological polar surface area (TPSA) is 162 Å². The number of nitrogens with one attached hydrogen (secondary N) is 1. The van der Waals surface area contributed by atoms with Gasteiger partial charge in [0.1, 0.15) is 18.2 Å². The Bertz CT molecular complexity index is 787. The first-order valence-corrected chi connectivity index (χ1v) is 10.2. The van der Waals surface area contributed by atoms with Crippen molar-refractivity contribution < 1.29 is 19.1 Å². The molecule has 0 aliphatic heterocycles. The number of carbonyl (C=O) groups is 2. The molecule has 2 atom stereocenters. The fourth-order valence-corrected chi connectivity index (χ4v) is 3.13. The number of azide groups is 2. The molecular weight excluding hydrogens is 410 g/mol. The maximum atomic E-state index is 12.5. The lowest BCUT2D eigenvalue weighted by Crippen LogP contribution is -2.46. The summed E-state index contributed by atoms with van der Waals surface area (Å²) in [4.78, 5) is 30.0. The summed E-state index contributed by atoms with van der Waals surface area (Å²) in [5, 5.41) is 9.46. The number of rotatable bonds is 11. The van der Waals surface area contributed by atoms with E-state index in [1.807, 2.05) is 30.3 Å². The molecule has 12 heteroatoms. The number of thioether (sulfide) groups is 1. The van der Waals surface area contributed by atoms with E-state index in [2.05, 4.69) is 25.4 Å². The highest BCUT2D eigenvalue weighted by Gasteiger charge is 2.27. The predicted molar refractivity (Wildman–Crippen MR) is 114 cm³/mol. The zero-order chi connectivity index (χ0) is 22.4. The molecule has 0 saturated heterocycles.